The number of halogens is 2. The fourth-order valence-electron chi connectivity index (χ4n) is 2.61. The quantitative estimate of drug-likeness (QED) is 0.381. The maximum atomic E-state index is 12.3. The molecule has 1 heterocycles. The van der Waals surface area contributed by atoms with Crippen LogP contribution in [0.1, 0.15) is 11.4 Å². The highest BCUT2D eigenvalue weighted by Gasteiger charge is 2.12. The molecule has 0 unspecified atom stereocenters. The number of hydrogen-bond donors (Lipinski definition) is 4. The lowest BCUT2D eigenvalue weighted by molar-refractivity contribution is 0.261. The molecule has 154 valence electrons. The number of nitrogens with zero attached hydrogens (tertiary/aromatic N) is 1. The Kier molecular flexibility index (Phi) is 6.76. The number of anilines is 4. The molecule has 0 saturated heterocycles. The summed E-state index contributed by atoms with van der Waals surface area (Å²) in [5.74, 6) is 0. The first-order chi connectivity index (χ1) is 14.3. The summed E-state index contributed by atoms with van der Waals surface area (Å²) in [5, 5.41) is 12.0. The van der Waals surface area contributed by atoms with Gasteiger partial charge in [0.25, 0.3) is 0 Å². The van der Waals surface area contributed by atoms with Crippen LogP contribution < -0.4 is 21.3 Å². The fraction of sp³-hybridized carbons (Fsp3) is 0.0952. The third-order valence-electron chi connectivity index (χ3n) is 4.10. The van der Waals surface area contributed by atoms with Gasteiger partial charge in [0.1, 0.15) is 0 Å². The Morgan fingerprint density at radius 3 is 1.40 bits per heavy atom. The number of pyridine rings is 1. The van der Waals surface area contributed by atoms with E-state index in [1.807, 2.05) is 0 Å². The minimum atomic E-state index is -0.442. The van der Waals surface area contributed by atoms with Gasteiger partial charge < -0.3 is 21.3 Å². The summed E-state index contributed by atoms with van der Waals surface area (Å²) >= 11 is 11.7. The van der Waals surface area contributed by atoms with Gasteiger partial charge in [-0.15, -0.1) is 0 Å². The van der Waals surface area contributed by atoms with E-state index in [0.29, 0.717) is 44.2 Å². The van der Waals surface area contributed by atoms with E-state index in [4.69, 9.17) is 23.2 Å². The number of aryl methyl sites for hydroxylation is 2. The van der Waals surface area contributed by atoms with Crippen LogP contribution >= 0.6 is 23.2 Å². The smallest absolute Gasteiger partial charge is 0.308 e. The molecular formula is C21H19Cl2N5O2. The van der Waals surface area contributed by atoms with Crippen molar-refractivity contribution in [3.05, 3.63) is 76.0 Å². The predicted molar refractivity (Wildman–Crippen MR) is 122 cm³/mol. The van der Waals surface area contributed by atoms with Crippen molar-refractivity contribution in [3.63, 3.8) is 0 Å². The molecule has 7 nitrogen and oxygen atoms in total. The number of nitrogens with one attached hydrogen (secondary N) is 4. The number of hydrogen-bond acceptors (Lipinski definition) is 3. The van der Waals surface area contributed by atoms with Gasteiger partial charge in [-0.3, -0.25) is 4.98 Å². The largest absolute Gasteiger partial charge is 0.323 e. The van der Waals surface area contributed by atoms with Crippen LogP contribution in [0.25, 0.3) is 0 Å². The number of carbonyl (C=O) groups excluding carboxylic acids is 2. The average Bonchev–Trinajstić information content (AvgIpc) is 2.69. The third kappa shape index (κ3) is 5.85. The van der Waals surface area contributed by atoms with Crippen molar-refractivity contribution < 1.29 is 9.59 Å². The van der Waals surface area contributed by atoms with Crippen molar-refractivity contribution in [3.8, 4) is 0 Å². The molecule has 4 N–H and O–H groups in total. The first-order valence-electron chi connectivity index (χ1n) is 8.95. The molecule has 0 saturated carbocycles. The predicted octanol–water partition coefficient (Wildman–Crippen LogP) is 6.29. The van der Waals surface area contributed by atoms with E-state index in [-0.39, 0.29) is 0 Å². The van der Waals surface area contributed by atoms with Crippen LogP contribution in [0.4, 0.5) is 32.3 Å². The SMILES string of the molecule is Cc1nc(C)c(NC(=O)Nc2ccc(Cl)cc2)cc1NC(=O)Nc1ccc(Cl)cc1. The van der Waals surface area contributed by atoms with Gasteiger partial charge in [0.2, 0.25) is 0 Å². The van der Waals surface area contributed by atoms with Crippen LogP contribution in [-0.2, 0) is 0 Å². The Bertz CT molecular complexity index is 987. The van der Waals surface area contributed by atoms with E-state index in [2.05, 4.69) is 26.3 Å². The Balaban J connectivity index is 1.68. The standard InChI is InChI=1S/C21H19Cl2N5O2/c1-12-18(27-20(29)25-16-7-3-14(22)4-8-16)11-19(13(2)24-12)28-21(30)26-17-9-5-15(23)6-10-17/h3-11H,1-2H3,(H2,25,27,29)(H2,26,28,30). The molecule has 0 aliphatic heterocycles. The van der Waals surface area contributed by atoms with Gasteiger partial charge in [-0.1, -0.05) is 23.2 Å². The molecule has 0 spiro atoms. The van der Waals surface area contributed by atoms with Crippen LogP contribution in [0.3, 0.4) is 0 Å². The second kappa shape index (κ2) is 9.47. The summed E-state index contributed by atoms with van der Waals surface area (Å²) in [5.41, 5.74) is 3.35. The highest BCUT2D eigenvalue weighted by Crippen LogP contribution is 2.23. The fourth-order valence-corrected chi connectivity index (χ4v) is 2.87. The second-order valence-corrected chi connectivity index (χ2v) is 7.30. The summed E-state index contributed by atoms with van der Waals surface area (Å²) in [7, 11) is 0. The molecule has 2 aromatic carbocycles. The highest BCUT2D eigenvalue weighted by atomic mass is 35.5. The maximum absolute atomic E-state index is 12.3. The summed E-state index contributed by atoms with van der Waals surface area (Å²) in [6.07, 6.45) is 0. The maximum Gasteiger partial charge on any atom is 0.323 e. The average molecular weight is 444 g/mol. The second-order valence-electron chi connectivity index (χ2n) is 6.43. The number of carbonyl (C=O) groups is 2. The van der Waals surface area contributed by atoms with E-state index in [1.165, 1.54) is 0 Å². The summed E-state index contributed by atoms with van der Waals surface area (Å²) < 4.78 is 0. The number of rotatable bonds is 4. The molecule has 4 amide bonds. The Labute approximate surface area is 183 Å². The first-order valence-corrected chi connectivity index (χ1v) is 9.71. The normalized spacial score (nSPS) is 10.3. The van der Waals surface area contributed by atoms with Gasteiger partial charge in [-0.2, -0.15) is 0 Å². The summed E-state index contributed by atoms with van der Waals surface area (Å²) in [6.45, 7) is 3.53. The molecular weight excluding hydrogens is 425 g/mol. The lowest BCUT2D eigenvalue weighted by Gasteiger charge is -2.14. The zero-order chi connectivity index (χ0) is 21.7. The van der Waals surface area contributed by atoms with Crippen LogP contribution in [0.5, 0.6) is 0 Å². The van der Waals surface area contributed by atoms with Gasteiger partial charge in [0.05, 0.1) is 22.8 Å². The Hall–Kier alpha value is -3.29. The Morgan fingerprint density at radius 2 is 1.03 bits per heavy atom. The van der Waals surface area contributed by atoms with Crippen LogP contribution in [-0.4, -0.2) is 17.0 Å². The Morgan fingerprint density at radius 1 is 0.667 bits per heavy atom. The van der Waals surface area contributed by atoms with Crippen LogP contribution in [0.2, 0.25) is 10.0 Å². The highest BCUT2D eigenvalue weighted by molar-refractivity contribution is 6.31. The van der Waals surface area contributed by atoms with Crippen LogP contribution in [0.15, 0.2) is 54.6 Å². The molecule has 0 atom stereocenters. The van der Waals surface area contributed by atoms with Gasteiger partial charge >= 0.3 is 12.1 Å². The van der Waals surface area contributed by atoms with Gasteiger partial charge in [0, 0.05) is 21.4 Å². The monoisotopic (exact) mass is 443 g/mol. The third-order valence-corrected chi connectivity index (χ3v) is 4.61. The van der Waals surface area contributed by atoms with Gasteiger partial charge in [-0.25, -0.2) is 9.59 Å². The van der Waals surface area contributed by atoms with E-state index in [0.717, 1.165) is 0 Å². The summed E-state index contributed by atoms with van der Waals surface area (Å²) in [4.78, 5) is 29.0. The van der Waals surface area contributed by atoms with E-state index >= 15 is 0 Å². The minimum Gasteiger partial charge on any atom is -0.308 e. The van der Waals surface area contributed by atoms with Crippen molar-refractivity contribution >= 4 is 58.0 Å². The van der Waals surface area contributed by atoms with Crippen molar-refractivity contribution in [2.45, 2.75) is 13.8 Å². The molecule has 0 aliphatic rings. The summed E-state index contributed by atoms with van der Waals surface area (Å²) in [6, 6.07) is 14.2. The van der Waals surface area contributed by atoms with Crippen molar-refractivity contribution in [1.82, 2.24) is 4.98 Å². The number of aromatic nitrogens is 1. The molecule has 0 bridgehead atoms. The number of amides is 4. The molecule has 0 aliphatic carbocycles. The topological polar surface area (TPSA) is 95.2 Å². The lowest BCUT2D eigenvalue weighted by Crippen LogP contribution is -2.22. The van der Waals surface area contributed by atoms with Crippen molar-refractivity contribution in [2.75, 3.05) is 21.3 Å². The molecule has 3 aromatic rings. The van der Waals surface area contributed by atoms with Crippen LogP contribution in [0, 0.1) is 13.8 Å². The molecule has 1 aromatic heterocycles. The molecule has 9 heteroatoms. The van der Waals surface area contributed by atoms with E-state index in [1.54, 1.807) is 68.4 Å². The lowest BCUT2D eigenvalue weighted by atomic mass is 10.2. The molecule has 3 rings (SSSR count). The van der Waals surface area contributed by atoms with Gasteiger partial charge in [0.15, 0.2) is 0 Å². The zero-order valence-corrected chi connectivity index (χ0v) is 17.7. The molecule has 0 radical (unpaired) electrons. The number of urea groups is 2. The van der Waals surface area contributed by atoms with Crippen molar-refractivity contribution in [2.24, 2.45) is 0 Å². The van der Waals surface area contributed by atoms with E-state index in [9.17, 15) is 9.59 Å². The molecule has 30 heavy (non-hydrogen) atoms. The van der Waals surface area contributed by atoms with Gasteiger partial charge in [-0.05, 0) is 68.4 Å². The molecule has 0 fully saturated rings. The number of benzene rings is 2. The first kappa shape index (κ1) is 21.4. The zero-order valence-electron chi connectivity index (χ0n) is 16.2. The van der Waals surface area contributed by atoms with Crippen molar-refractivity contribution in [1.29, 1.82) is 0 Å². The minimum absolute atomic E-state index is 0.442. The van der Waals surface area contributed by atoms with E-state index < -0.39 is 12.1 Å².